The number of hydrogen-bond acceptors (Lipinski definition) is 4. The SMILES string of the molecule is CNC(c1cc(C)cc(C)c1OC)C1CNCCO1. The van der Waals surface area contributed by atoms with E-state index in [9.17, 15) is 0 Å². The average molecular weight is 264 g/mol. The van der Waals surface area contributed by atoms with Crippen molar-refractivity contribution in [1.29, 1.82) is 0 Å². The van der Waals surface area contributed by atoms with Crippen molar-refractivity contribution in [2.75, 3.05) is 33.9 Å². The maximum absolute atomic E-state index is 5.88. The molecule has 4 heteroatoms. The first-order valence-corrected chi connectivity index (χ1v) is 6.82. The summed E-state index contributed by atoms with van der Waals surface area (Å²) in [7, 11) is 3.70. The van der Waals surface area contributed by atoms with Crippen LogP contribution in [0.5, 0.6) is 5.75 Å². The van der Waals surface area contributed by atoms with Crippen LogP contribution in [0.3, 0.4) is 0 Å². The van der Waals surface area contributed by atoms with E-state index in [-0.39, 0.29) is 12.1 Å². The Bertz CT molecular complexity index is 428. The van der Waals surface area contributed by atoms with Crippen LogP contribution < -0.4 is 15.4 Å². The van der Waals surface area contributed by atoms with Crippen molar-refractivity contribution < 1.29 is 9.47 Å². The second-order valence-electron chi connectivity index (χ2n) is 5.08. The standard InChI is InChI=1S/C15H24N2O2/c1-10-7-11(2)15(18-4)12(8-10)14(16-3)13-9-17-5-6-19-13/h7-8,13-14,16-17H,5-6,9H2,1-4H3. The van der Waals surface area contributed by atoms with Crippen molar-refractivity contribution in [2.45, 2.75) is 26.0 Å². The summed E-state index contributed by atoms with van der Waals surface area (Å²) in [6, 6.07) is 4.47. The predicted molar refractivity (Wildman–Crippen MR) is 76.9 cm³/mol. The number of methoxy groups -OCH3 is 1. The summed E-state index contributed by atoms with van der Waals surface area (Å²) in [6.45, 7) is 6.75. The highest BCUT2D eigenvalue weighted by atomic mass is 16.5. The normalized spacial score (nSPS) is 21.2. The Balaban J connectivity index is 2.36. The molecule has 0 bridgehead atoms. The van der Waals surface area contributed by atoms with Crippen molar-refractivity contribution in [1.82, 2.24) is 10.6 Å². The largest absolute Gasteiger partial charge is 0.496 e. The maximum atomic E-state index is 5.88. The molecule has 0 aliphatic carbocycles. The van der Waals surface area contributed by atoms with Crippen molar-refractivity contribution in [3.05, 3.63) is 28.8 Å². The van der Waals surface area contributed by atoms with E-state index in [0.29, 0.717) is 0 Å². The molecule has 0 saturated carbocycles. The van der Waals surface area contributed by atoms with Gasteiger partial charge >= 0.3 is 0 Å². The molecule has 4 nitrogen and oxygen atoms in total. The van der Waals surface area contributed by atoms with Gasteiger partial charge in [0, 0.05) is 18.7 Å². The molecule has 1 aromatic carbocycles. The van der Waals surface area contributed by atoms with E-state index in [4.69, 9.17) is 9.47 Å². The minimum absolute atomic E-state index is 0.133. The number of likely N-dealkylation sites (N-methyl/N-ethyl adjacent to an activating group) is 1. The van der Waals surface area contributed by atoms with Gasteiger partial charge in [-0.05, 0) is 26.5 Å². The highest BCUT2D eigenvalue weighted by Gasteiger charge is 2.27. The average Bonchev–Trinajstić information content (AvgIpc) is 2.40. The van der Waals surface area contributed by atoms with E-state index in [1.807, 2.05) is 7.05 Å². The number of nitrogens with one attached hydrogen (secondary N) is 2. The van der Waals surface area contributed by atoms with Gasteiger partial charge in [-0.25, -0.2) is 0 Å². The van der Waals surface area contributed by atoms with Crippen molar-refractivity contribution in [3.63, 3.8) is 0 Å². The molecule has 0 radical (unpaired) electrons. The third kappa shape index (κ3) is 3.08. The van der Waals surface area contributed by atoms with Crippen LogP contribution in [-0.2, 0) is 4.74 Å². The van der Waals surface area contributed by atoms with Crippen molar-refractivity contribution in [3.8, 4) is 5.75 Å². The quantitative estimate of drug-likeness (QED) is 0.866. The van der Waals surface area contributed by atoms with Gasteiger partial charge in [0.05, 0.1) is 25.9 Å². The summed E-state index contributed by atoms with van der Waals surface area (Å²) in [4.78, 5) is 0. The molecule has 1 aliphatic rings. The molecule has 106 valence electrons. The van der Waals surface area contributed by atoms with Gasteiger partial charge in [-0.1, -0.05) is 17.7 Å². The van der Waals surface area contributed by atoms with Gasteiger partial charge in [-0.2, -0.15) is 0 Å². The summed E-state index contributed by atoms with van der Waals surface area (Å²) in [5, 5.41) is 6.75. The zero-order valence-corrected chi connectivity index (χ0v) is 12.2. The molecule has 2 atom stereocenters. The number of rotatable bonds is 4. The zero-order chi connectivity index (χ0) is 13.8. The first kappa shape index (κ1) is 14.3. The minimum atomic E-state index is 0.133. The van der Waals surface area contributed by atoms with Crippen LogP contribution in [0.25, 0.3) is 0 Å². The van der Waals surface area contributed by atoms with Crippen molar-refractivity contribution in [2.24, 2.45) is 0 Å². The van der Waals surface area contributed by atoms with Crippen LogP contribution in [-0.4, -0.2) is 40.0 Å². The Labute approximate surface area is 115 Å². The monoisotopic (exact) mass is 264 g/mol. The molecule has 1 saturated heterocycles. The molecule has 2 N–H and O–H groups in total. The fourth-order valence-electron chi connectivity index (χ4n) is 2.84. The molecule has 1 fully saturated rings. The van der Waals surface area contributed by atoms with Crippen LogP contribution in [0, 0.1) is 13.8 Å². The smallest absolute Gasteiger partial charge is 0.126 e. The van der Waals surface area contributed by atoms with Crippen LogP contribution in [0.4, 0.5) is 0 Å². The second-order valence-corrected chi connectivity index (χ2v) is 5.08. The highest BCUT2D eigenvalue weighted by molar-refractivity contribution is 5.46. The summed E-state index contributed by atoms with van der Waals surface area (Å²) < 4.78 is 11.5. The van der Waals surface area contributed by atoms with Gasteiger partial charge in [-0.15, -0.1) is 0 Å². The molecule has 19 heavy (non-hydrogen) atoms. The molecule has 0 aromatic heterocycles. The lowest BCUT2D eigenvalue weighted by Crippen LogP contribution is -2.45. The Hall–Kier alpha value is -1.10. The maximum Gasteiger partial charge on any atom is 0.126 e. The summed E-state index contributed by atoms with van der Waals surface area (Å²) in [5.41, 5.74) is 3.59. The zero-order valence-electron chi connectivity index (χ0n) is 12.2. The van der Waals surface area contributed by atoms with E-state index >= 15 is 0 Å². The lowest BCUT2D eigenvalue weighted by molar-refractivity contribution is 0.00489. The Morgan fingerprint density at radius 3 is 2.79 bits per heavy atom. The highest BCUT2D eigenvalue weighted by Crippen LogP contribution is 2.32. The number of ether oxygens (including phenoxy) is 2. The van der Waals surface area contributed by atoms with Crippen LogP contribution >= 0.6 is 0 Å². The number of morpholine rings is 1. The molecular formula is C15H24N2O2. The Kier molecular flexibility index (Phi) is 4.80. The number of benzene rings is 1. The molecule has 2 unspecified atom stereocenters. The third-order valence-corrected chi connectivity index (χ3v) is 3.63. The van der Waals surface area contributed by atoms with Gasteiger partial charge < -0.3 is 20.1 Å². The summed E-state index contributed by atoms with van der Waals surface area (Å²) >= 11 is 0. The lowest BCUT2D eigenvalue weighted by atomic mass is 9.95. The molecule has 1 heterocycles. The van der Waals surface area contributed by atoms with Gasteiger partial charge in [0.15, 0.2) is 0 Å². The fraction of sp³-hybridized carbons (Fsp3) is 0.600. The van der Waals surface area contributed by atoms with Crippen molar-refractivity contribution >= 4 is 0 Å². The molecule has 1 aromatic rings. The van der Waals surface area contributed by atoms with E-state index in [0.717, 1.165) is 25.4 Å². The molecule has 0 amide bonds. The number of hydrogen-bond donors (Lipinski definition) is 2. The Morgan fingerprint density at radius 1 is 1.42 bits per heavy atom. The van der Waals surface area contributed by atoms with E-state index < -0.39 is 0 Å². The summed E-state index contributed by atoms with van der Waals surface area (Å²) in [6.07, 6.45) is 0.133. The topological polar surface area (TPSA) is 42.5 Å². The second kappa shape index (κ2) is 6.37. The fourth-order valence-corrected chi connectivity index (χ4v) is 2.84. The summed E-state index contributed by atoms with van der Waals surface area (Å²) in [5.74, 6) is 0.958. The van der Waals surface area contributed by atoms with Crippen LogP contribution in [0.2, 0.25) is 0 Å². The third-order valence-electron chi connectivity index (χ3n) is 3.63. The molecule has 1 aliphatic heterocycles. The Morgan fingerprint density at radius 2 is 2.21 bits per heavy atom. The van der Waals surface area contributed by atoms with E-state index in [1.165, 1.54) is 16.7 Å². The molecule has 2 rings (SSSR count). The van der Waals surface area contributed by atoms with Gasteiger partial charge in [-0.3, -0.25) is 0 Å². The first-order valence-electron chi connectivity index (χ1n) is 6.82. The molecule has 0 spiro atoms. The van der Waals surface area contributed by atoms with E-state index in [2.05, 4.69) is 36.6 Å². The predicted octanol–water partition coefficient (Wildman–Crippen LogP) is 1.56. The molecular weight excluding hydrogens is 240 g/mol. The van der Waals surface area contributed by atoms with Crippen LogP contribution in [0.1, 0.15) is 22.7 Å². The van der Waals surface area contributed by atoms with Crippen LogP contribution in [0.15, 0.2) is 12.1 Å². The van der Waals surface area contributed by atoms with E-state index in [1.54, 1.807) is 7.11 Å². The minimum Gasteiger partial charge on any atom is -0.496 e. The first-order chi connectivity index (χ1) is 9.17. The van der Waals surface area contributed by atoms with Gasteiger partial charge in [0.1, 0.15) is 5.75 Å². The van der Waals surface area contributed by atoms with Gasteiger partial charge in [0.25, 0.3) is 0 Å². The number of aryl methyl sites for hydroxylation is 2. The lowest BCUT2D eigenvalue weighted by Gasteiger charge is -2.32. The van der Waals surface area contributed by atoms with Gasteiger partial charge in [0.2, 0.25) is 0 Å².